The van der Waals surface area contributed by atoms with E-state index in [2.05, 4.69) is 20.8 Å². The monoisotopic (exact) mass is 218 g/mol. The first-order valence-corrected chi connectivity index (χ1v) is 5.77. The van der Waals surface area contributed by atoms with Gasteiger partial charge in [-0.3, -0.25) is 0 Å². The maximum absolute atomic E-state index is 2.32. The van der Waals surface area contributed by atoms with E-state index in [4.69, 9.17) is 0 Å². The minimum absolute atomic E-state index is 0. The summed E-state index contributed by atoms with van der Waals surface area (Å²) in [6.45, 7) is 6.91. The summed E-state index contributed by atoms with van der Waals surface area (Å²) in [5.41, 5.74) is 0. The molecular weight excluding hydrogens is 192 g/mol. The van der Waals surface area contributed by atoms with Crippen molar-refractivity contribution in [3.63, 3.8) is 0 Å². The summed E-state index contributed by atoms with van der Waals surface area (Å²) >= 11 is 0. The van der Waals surface area contributed by atoms with Gasteiger partial charge in [0.05, 0.1) is 0 Å². The van der Waals surface area contributed by atoms with Crippen molar-refractivity contribution < 1.29 is 21.7 Å². The Hall–Kier alpha value is 0.714. The summed E-state index contributed by atoms with van der Waals surface area (Å²) in [7, 11) is 0. The maximum Gasteiger partial charge on any atom is 4.00 e. The number of hydrogen-bond donors (Lipinski definition) is 0. The van der Waals surface area contributed by atoms with E-state index in [1.54, 1.807) is 0 Å². The molecule has 0 nitrogen and oxygen atoms in total. The fourth-order valence-electron chi connectivity index (χ4n) is 1.51. The molecule has 74 valence electrons. The Bertz CT molecular complexity index is 79.2. The molecule has 0 radical (unpaired) electrons. The van der Waals surface area contributed by atoms with Crippen LogP contribution in [-0.2, 0) is 21.7 Å². The standard InChI is InChI=1S/C12H26.Ti/c1-4-5-6-7-8-9-10-11-12(2)3;/h12H,4-11H2,1-3H3;/q;+4. The predicted octanol–water partition coefficient (Wildman–Crippen LogP) is 4.78. The predicted molar refractivity (Wildman–Crippen MR) is 57.4 cm³/mol. The van der Waals surface area contributed by atoms with Crippen LogP contribution in [0.5, 0.6) is 0 Å². The summed E-state index contributed by atoms with van der Waals surface area (Å²) in [6.07, 6.45) is 11.5. The normalized spacial score (nSPS) is 10.2. The van der Waals surface area contributed by atoms with Gasteiger partial charge < -0.3 is 0 Å². The van der Waals surface area contributed by atoms with Crippen LogP contribution in [0.15, 0.2) is 0 Å². The van der Waals surface area contributed by atoms with Crippen molar-refractivity contribution in [1.82, 2.24) is 0 Å². The quantitative estimate of drug-likeness (QED) is 0.406. The average molecular weight is 218 g/mol. The van der Waals surface area contributed by atoms with Gasteiger partial charge >= 0.3 is 21.7 Å². The molecule has 0 aromatic heterocycles. The van der Waals surface area contributed by atoms with Crippen molar-refractivity contribution in [2.75, 3.05) is 0 Å². The fourth-order valence-corrected chi connectivity index (χ4v) is 1.51. The Morgan fingerprint density at radius 1 is 0.769 bits per heavy atom. The molecule has 0 atom stereocenters. The molecule has 1 heteroatoms. The van der Waals surface area contributed by atoms with Crippen LogP contribution < -0.4 is 0 Å². The minimum atomic E-state index is 0. The van der Waals surface area contributed by atoms with E-state index in [1.807, 2.05) is 0 Å². The number of rotatable bonds is 8. The molecule has 0 saturated heterocycles. The molecule has 0 aliphatic rings. The second-order valence-corrected chi connectivity index (χ2v) is 4.30. The minimum Gasteiger partial charge on any atom is -0.0654 e. The van der Waals surface area contributed by atoms with Crippen molar-refractivity contribution in [3.8, 4) is 0 Å². The van der Waals surface area contributed by atoms with E-state index in [9.17, 15) is 0 Å². The van der Waals surface area contributed by atoms with E-state index < -0.39 is 0 Å². The first-order valence-electron chi connectivity index (χ1n) is 5.77. The Labute approximate surface area is 99.8 Å². The molecule has 0 amide bonds. The van der Waals surface area contributed by atoms with Crippen molar-refractivity contribution in [2.45, 2.75) is 72.1 Å². The van der Waals surface area contributed by atoms with Gasteiger partial charge in [0, 0.05) is 0 Å². The zero-order chi connectivity index (χ0) is 9.23. The van der Waals surface area contributed by atoms with Crippen LogP contribution in [0.4, 0.5) is 0 Å². The molecule has 0 aromatic carbocycles. The van der Waals surface area contributed by atoms with Crippen LogP contribution in [0.2, 0.25) is 0 Å². The molecule has 0 bridgehead atoms. The van der Waals surface area contributed by atoms with Crippen LogP contribution in [0.3, 0.4) is 0 Å². The molecule has 0 fully saturated rings. The molecule has 0 aliphatic carbocycles. The second-order valence-electron chi connectivity index (χ2n) is 4.30. The largest absolute Gasteiger partial charge is 4.00 e. The molecule has 0 spiro atoms. The molecule has 0 N–H and O–H groups in total. The summed E-state index contributed by atoms with van der Waals surface area (Å²) < 4.78 is 0. The third-order valence-electron chi connectivity index (χ3n) is 2.39. The first kappa shape index (κ1) is 16.2. The van der Waals surface area contributed by atoms with Gasteiger partial charge in [-0.2, -0.15) is 0 Å². The molecule has 0 aliphatic heterocycles. The molecule has 0 rings (SSSR count). The van der Waals surface area contributed by atoms with Gasteiger partial charge in [-0.1, -0.05) is 72.1 Å². The van der Waals surface area contributed by atoms with Gasteiger partial charge in [-0.15, -0.1) is 0 Å². The van der Waals surface area contributed by atoms with Crippen LogP contribution in [0, 0.1) is 5.92 Å². The molecule has 13 heavy (non-hydrogen) atoms. The van der Waals surface area contributed by atoms with Gasteiger partial charge in [0.2, 0.25) is 0 Å². The molecular formula is C12H26Ti+4. The van der Waals surface area contributed by atoms with Crippen LogP contribution in [-0.4, -0.2) is 0 Å². The van der Waals surface area contributed by atoms with Crippen molar-refractivity contribution in [2.24, 2.45) is 5.92 Å². The van der Waals surface area contributed by atoms with Crippen LogP contribution in [0.25, 0.3) is 0 Å². The zero-order valence-corrected chi connectivity index (χ0v) is 11.3. The first-order chi connectivity index (χ1) is 5.77. The second kappa shape index (κ2) is 12.7. The van der Waals surface area contributed by atoms with Gasteiger partial charge in [0.15, 0.2) is 0 Å². The Kier molecular flexibility index (Phi) is 15.8. The van der Waals surface area contributed by atoms with E-state index in [0.717, 1.165) is 5.92 Å². The number of unbranched alkanes of at least 4 members (excludes halogenated alkanes) is 6. The van der Waals surface area contributed by atoms with Gasteiger partial charge in [-0.25, -0.2) is 0 Å². The van der Waals surface area contributed by atoms with Gasteiger partial charge in [0.1, 0.15) is 0 Å². The summed E-state index contributed by atoms with van der Waals surface area (Å²) in [5, 5.41) is 0. The molecule has 0 aromatic rings. The van der Waals surface area contributed by atoms with E-state index in [1.165, 1.54) is 51.4 Å². The maximum atomic E-state index is 2.32. The van der Waals surface area contributed by atoms with Crippen LogP contribution >= 0.6 is 0 Å². The Morgan fingerprint density at radius 2 is 1.23 bits per heavy atom. The summed E-state index contributed by atoms with van der Waals surface area (Å²) in [6, 6.07) is 0. The molecule has 0 saturated carbocycles. The zero-order valence-electron chi connectivity index (χ0n) is 9.73. The van der Waals surface area contributed by atoms with Crippen molar-refractivity contribution in [3.05, 3.63) is 0 Å². The molecule has 0 heterocycles. The molecule has 0 unspecified atom stereocenters. The number of hydrogen-bond acceptors (Lipinski definition) is 0. The fraction of sp³-hybridized carbons (Fsp3) is 1.00. The average Bonchev–Trinajstić information content (AvgIpc) is 2.02. The smallest absolute Gasteiger partial charge is 0.0654 e. The third kappa shape index (κ3) is 15.5. The van der Waals surface area contributed by atoms with Crippen molar-refractivity contribution in [1.29, 1.82) is 0 Å². The van der Waals surface area contributed by atoms with Gasteiger partial charge in [0.25, 0.3) is 0 Å². The SMILES string of the molecule is CCCCCCCCCC(C)C.[Ti+4]. The third-order valence-corrected chi connectivity index (χ3v) is 2.39. The van der Waals surface area contributed by atoms with E-state index in [-0.39, 0.29) is 21.7 Å². The topological polar surface area (TPSA) is 0 Å². The van der Waals surface area contributed by atoms with Crippen LogP contribution in [0.1, 0.15) is 72.1 Å². The Morgan fingerprint density at radius 3 is 1.69 bits per heavy atom. The van der Waals surface area contributed by atoms with Gasteiger partial charge in [-0.05, 0) is 5.92 Å². The summed E-state index contributed by atoms with van der Waals surface area (Å²) in [4.78, 5) is 0. The van der Waals surface area contributed by atoms with E-state index >= 15 is 0 Å². The Balaban J connectivity index is 0. The van der Waals surface area contributed by atoms with E-state index in [0.29, 0.717) is 0 Å². The van der Waals surface area contributed by atoms with Crippen molar-refractivity contribution >= 4 is 0 Å². The summed E-state index contributed by atoms with van der Waals surface area (Å²) in [5.74, 6) is 0.903.